The highest BCUT2D eigenvalue weighted by atomic mass is 16.5. The quantitative estimate of drug-likeness (QED) is 0.874. The Morgan fingerprint density at radius 1 is 1.42 bits per heavy atom. The number of nitrogens with one attached hydrogen (secondary N) is 1. The molecule has 1 N–H and O–H groups in total. The van der Waals surface area contributed by atoms with Crippen molar-refractivity contribution in [2.45, 2.75) is 19.6 Å². The smallest absolute Gasteiger partial charge is 0.317 e. The zero-order chi connectivity index (χ0) is 17.5. The van der Waals surface area contributed by atoms with Gasteiger partial charge in [0.05, 0.1) is 12.7 Å². The van der Waals surface area contributed by atoms with E-state index in [9.17, 15) is 9.59 Å². The highest BCUT2D eigenvalue weighted by molar-refractivity contribution is 5.77. The summed E-state index contributed by atoms with van der Waals surface area (Å²) in [6.45, 7) is 4.12. The summed E-state index contributed by atoms with van der Waals surface area (Å²) >= 11 is 0. The van der Waals surface area contributed by atoms with Crippen LogP contribution in [0.25, 0.3) is 0 Å². The molecule has 132 valence electrons. The first-order valence-corrected chi connectivity index (χ1v) is 8.02. The Bertz CT molecular complexity index is 577. The molecule has 0 unspecified atom stereocenters. The van der Waals surface area contributed by atoms with Crippen LogP contribution < -0.4 is 10.1 Å². The Labute approximate surface area is 142 Å². The number of morpholine rings is 1. The number of carbonyl (C=O) groups is 2. The van der Waals surface area contributed by atoms with Crippen LogP contribution in [-0.2, 0) is 16.1 Å². The monoisotopic (exact) mass is 335 g/mol. The molecule has 0 radical (unpaired) electrons. The van der Waals surface area contributed by atoms with Crippen molar-refractivity contribution in [3.63, 3.8) is 0 Å². The first-order valence-electron chi connectivity index (χ1n) is 8.02. The third-order valence-electron chi connectivity index (χ3n) is 3.73. The van der Waals surface area contributed by atoms with Crippen LogP contribution in [0.15, 0.2) is 24.3 Å². The maximum atomic E-state index is 12.2. The van der Waals surface area contributed by atoms with Gasteiger partial charge < -0.3 is 24.6 Å². The van der Waals surface area contributed by atoms with E-state index in [4.69, 9.17) is 9.47 Å². The number of nitrogens with zero attached hydrogens (tertiary/aromatic N) is 2. The van der Waals surface area contributed by atoms with Crippen LogP contribution in [0.1, 0.15) is 12.5 Å². The number of ether oxygens (including phenoxy) is 2. The van der Waals surface area contributed by atoms with Crippen LogP contribution in [0.2, 0.25) is 0 Å². The van der Waals surface area contributed by atoms with Gasteiger partial charge in [0.15, 0.2) is 6.61 Å². The van der Waals surface area contributed by atoms with E-state index >= 15 is 0 Å². The summed E-state index contributed by atoms with van der Waals surface area (Å²) in [6, 6.07) is 7.26. The van der Waals surface area contributed by atoms with Crippen LogP contribution in [0.3, 0.4) is 0 Å². The van der Waals surface area contributed by atoms with Gasteiger partial charge in [0.1, 0.15) is 5.75 Å². The Balaban J connectivity index is 1.83. The molecule has 0 aromatic heterocycles. The fraction of sp³-hybridized carbons (Fsp3) is 0.529. The number of amides is 3. The molecule has 1 saturated heterocycles. The molecule has 1 aromatic carbocycles. The average Bonchev–Trinajstić information content (AvgIpc) is 2.57. The number of hydrogen-bond donors (Lipinski definition) is 1. The number of hydrogen-bond acceptors (Lipinski definition) is 4. The first-order chi connectivity index (χ1) is 11.5. The second-order valence-electron chi connectivity index (χ2n) is 6.01. The molecule has 24 heavy (non-hydrogen) atoms. The van der Waals surface area contributed by atoms with Crippen LogP contribution in [0, 0.1) is 0 Å². The van der Waals surface area contributed by atoms with Gasteiger partial charge in [-0.15, -0.1) is 0 Å². The zero-order valence-corrected chi connectivity index (χ0v) is 14.4. The largest absolute Gasteiger partial charge is 0.484 e. The van der Waals surface area contributed by atoms with Gasteiger partial charge in [-0.3, -0.25) is 4.79 Å². The molecule has 3 amide bonds. The van der Waals surface area contributed by atoms with Crippen molar-refractivity contribution in [2.24, 2.45) is 0 Å². The zero-order valence-electron chi connectivity index (χ0n) is 14.4. The molecule has 1 aromatic rings. The topological polar surface area (TPSA) is 71.1 Å². The molecule has 0 spiro atoms. The van der Waals surface area contributed by atoms with Crippen LogP contribution in [0.4, 0.5) is 4.79 Å². The third-order valence-corrected chi connectivity index (χ3v) is 3.73. The first kappa shape index (κ1) is 18.1. The second-order valence-corrected chi connectivity index (χ2v) is 6.01. The Morgan fingerprint density at radius 2 is 2.21 bits per heavy atom. The summed E-state index contributed by atoms with van der Waals surface area (Å²) in [7, 11) is 3.37. The standard InChI is InChI=1S/C17H25N3O4/c1-13-11-20(7-8-23-13)17(22)18-10-14-5-4-6-15(9-14)24-12-16(21)19(2)3/h4-6,9,13H,7-8,10-12H2,1-3H3,(H,18,22)/t13-/m0/s1. The van der Waals surface area contributed by atoms with Crippen molar-refractivity contribution in [3.05, 3.63) is 29.8 Å². The van der Waals surface area contributed by atoms with E-state index in [2.05, 4.69) is 5.32 Å². The molecule has 1 fully saturated rings. The van der Waals surface area contributed by atoms with Crippen molar-refractivity contribution >= 4 is 11.9 Å². The predicted octanol–water partition coefficient (Wildman–Crippen LogP) is 1.08. The van der Waals surface area contributed by atoms with Crippen LogP contribution in [-0.4, -0.2) is 68.2 Å². The number of benzene rings is 1. The molecule has 7 heteroatoms. The Morgan fingerprint density at radius 3 is 2.92 bits per heavy atom. The lowest BCUT2D eigenvalue weighted by Crippen LogP contribution is -2.48. The third kappa shape index (κ3) is 5.42. The van der Waals surface area contributed by atoms with E-state index in [-0.39, 0.29) is 24.6 Å². The Hall–Kier alpha value is -2.28. The lowest BCUT2D eigenvalue weighted by molar-refractivity contribution is -0.130. The molecular formula is C17H25N3O4. The van der Waals surface area contributed by atoms with Crippen LogP contribution in [0.5, 0.6) is 5.75 Å². The fourth-order valence-electron chi connectivity index (χ4n) is 2.31. The lowest BCUT2D eigenvalue weighted by Gasteiger charge is -2.31. The summed E-state index contributed by atoms with van der Waals surface area (Å²) in [5.74, 6) is 0.507. The van der Waals surface area contributed by atoms with Crippen LogP contribution >= 0.6 is 0 Å². The van der Waals surface area contributed by atoms with Crippen molar-refractivity contribution in [3.8, 4) is 5.75 Å². The van der Waals surface area contributed by atoms with Gasteiger partial charge in [-0.25, -0.2) is 4.79 Å². The number of urea groups is 1. The van der Waals surface area contributed by atoms with E-state index in [0.29, 0.717) is 32.0 Å². The fourth-order valence-corrected chi connectivity index (χ4v) is 2.31. The number of carbonyl (C=O) groups excluding carboxylic acids is 2. The van der Waals surface area contributed by atoms with E-state index in [1.54, 1.807) is 25.1 Å². The van der Waals surface area contributed by atoms with Crippen molar-refractivity contribution < 1.29 is 19.1 Å². The highest BCUT2D eigenvalue weighted by Gasteiger charge is 2.20. The summed E-state index contributed by atoms with van der Waals surface area (Å²) in [5.41, 5.74) is 0.916. The molecule has 1 aliphatic rings. The summed E-state index contributed by atoms with van der Waals surface area (Å²) < 4.78 is 10.9. The van der Waals surface area contributed by atoms with E-state index in [0.717, 1.165) is 5.56 Å². The summed E-state index contributed by atoms with van der Waals surface area (Å²) in [4.78, 5) is 26.9. The van der Waals surface area contributed by atoms with Crippen molar-refractivity contribution in [2.75, 3.05) is 40.4 Å². The molecule has 0 aliphatic carbocycles. The molecular weight excluding hydrogens is 310 g/mol. The minimum absolute atomic E-state index is 0.00548. The predicted molar refractivity (Wildman–Crippen MR) is 89.9 cm³/mol. The molecule has 1 aliphatic heterocycles. The van der Waals surface area contributed by atoms with E-state index in [1.807, 2.05) is 25.1 Å². The molecule has 1 heterocycles. The van der Waals surface area contributed by atoms with Gasteiger partial charge in [0.25, 0.3) is 5.91 Å². The maximum Gasteiger partial charge on any atom is 0.317 e. The molecule has 0 saturated carbocycles. The normalized spacial score (nSPS) is 17.3. The summed E-state index contributed by atoms with van der Waals surface area (Å²) in [6.07, 6.45) is 0.0652. The Kier molecular flexibility index (Phi) is 6.43. The van der Waals surface area contributed by atoms with E-state index in [1.165, 1.54) is 4.90 Å². The van der Waals surface area contributed by atoms with Crippen molar-refractivity contribution in [1.29, 1.82) is 0 Å². The molecule has 2 rings (SSSR count). The second kappa shape index (κ2) is 8.54. The average molecular weight is 335 g/mol. The highest BCUT2D eigenvalue weighted by Crippen LogP contribution is 2.13. The van der Waals surface area contributed by atoms with Gasteiger partial charge in [-0.05, 0) is 24.6 Å². The minimum Gasteiger partial charge on any atom is -0.484 e. The molecule has 1 atom stereocenters. The number of likely N-dealkylation sites (N-methyl/N-ethyl adjacent to an activating group) is 1. The molecule has 0 bridgehead atoms. The summed E-state index contributed by atoms with van der Waals surface area (Å²) in [5, 5.41) is 2.90. The van der Waals surface area contributed by atoms with Crippen molar-refractivity contribution in [1.82, 2.24) is 15.1 Å². The molecule has 7 nitrogen and oxygen atoms in total. The lowest BCUT2D eigenvalue weighted by atomic mass is 10.2. The maximum absolute atomic E-state index is 12.2. The van der Waals surface area contributed by atoms with Gasteiger partial charge >= 0.3 is 6.03 Å². The SMILES string of the molecule is C[C@H]1CN(C(=O)NCc2cccc(OCC(=O)N(C)C)c2)CCO1. The van der Waals surface area contributed by atoms with Gasteiger partial charge in [-0.2, -0.15) is 0 Å². The number of rotatable bonds is 5. The van der Waals surface area contributed by atoms with Gasteiger partial charge in [0.2, 0.25) is 0 Å². The van der Waals surface area contributed by atoms with E-state index < -0.39 is 0 Å². The van der Waals surface area contributed by atoms with Gasteiger partial charge in [0, 0.05) is 33.7 Å². The minimum atomic E-state index is -0.102. The van der Waals surface area contributed by atoms with Gasteiger partial charge in [-0.1, -0.05) is 12.1 Å².